The summed E-state index contributed by atoms with van der Waals surface area (Å²) in [5.74, 6) is 0.237. The van der Waals surface area contributed by atoms with Crippen molar-refractivity contribution >= 4 is 17.7 Å². The van der Waals surface area contributed by atoms with Crippen LogP contribution in [-0.2, 0) is 16.0 Å². The smallest absolute Gasteiger partial charge is 0.407 e. The van der Waals surface area contributed by atoms with Gasteiger partial charge in [-0.3, -0.25) is 4.79 Å². The first kappa shape index (κ1) is 16.3. The lowest BCUT2D eigenvalue weighted by atomic mass is 10.0. The summed E-state index contributed by atoms with van der Waals surface area (Å²) in [6.45, 7) is 6.77. The zero-order chi connectivity index (χ0) is 16.1. The Morgan fingerprint density at radius 1 is 1.32 bits per heavy atom. The second kappa shape index (κ2) is 7.29. The molecule has 0 unspecified atom stereocenters. The molecule has 1 aliphatic rings. The van der Waals surface area contributed by atoms with Crippen LogP contribution in [0.5, 0.6) is 0 Å². The lowest BCUT2D eigenvalue weighted by Gasteiger charge is -2.25. The number of nitrogens with one attached hydrogen (secondary N) is 1. The lowest BCUT2D eigenvalue weighted by Crippen LogP contribution is -2.49. The number of carbonyl (C=O) groups excluding carboxylic acids is 2. The topological polar surface area (TPSA) is 58.6 Å². The molecule has 1 heterocycles. The molecule has 0 bridgehead atoms. The van der Waals surface area contributed by atoms with Crippen LogP contribution in [0.25, 0.3) is 0 Å². The van der Waals surface area contributed by atoms with E-state index in [-0.39, 0.29) is 5.91 Å². The first-order valence-corrected chi connectivity index (χ1v) is 7.85. The quantitative estimate of drug-likeness (QED) is 0.910. The number of rotatable bonds is 5. The molecule has 2 amide bonds. The van der Waals surface area contributed by atoms with Gasteiger partial charge in [-0.15, -0.1) is 0 Å². The highest BCUT2D eigenvalue weighted by molar-refractivity contribution is 6.00. The Kier molecular flexibility index (Phi) is 5.41. The first-order chi connectivity index (χ1) is 10.5. The zero-order valence-electron chi connectivity index (χ0n) is 13.5. The van der Waals surface area contributed by atoms with Crippen LogP contribution in [0.2, 0.25) is 0 Å². The summed E-state index contributed by atoms with van der Waals surface area (Å²) in [4.78, 5) is 26.3. The van der Waals surface area contributed by atoms with Crippen molar-refractivity contribution < 1.29 is 14.3 Å². The Bertz CT molecular complexity index is 542. The van der Waals surface area contributed by atoms with Crippen molar-refractivity contribution in [2.45, 2.75) is 39.7 Å². The fourth-order valence-electron chi connectivity index (χ4n) is 2.76. The van der Waals surface area contributed by atoms with Crippen LogP contribution in [0, 0.1) is 5.92 Å². The summed E-state index contributed by atoms with van der Waals surface area (Å²) in [6.07, 6.45) is 0.917. The summed E-state index contributed by atoms with van der Waals surface area (Å²) in [5.41, 5.74) is 2.13. The molecule has 0 saturated carbocycles. The number of benzene rings is 1. The number of fused-ring (bicyclic) bond motifs is 1. The van der Waals surface area contributed by atoms with Gasteiger partial charge in [0.15, 0.2) is 0 Å². The second-order valence-electron chi connectivity index (χ2n) is 5.92. The van der Waals surface area contributed by atoms with Gasteiger partial charge in [-0.1, -0.05) is 32.0 Å². The number of ether oxygens (including phenoxy) is 1. The molecule has 0 radical (unpaired) electrons. The highest BCUT2D eigenvalue weighted by Gasteiger charge is 2.31. The summed E-state index contributed by atoms with van der Waals surface area (Å²) >= 11 is 0. The molecule has 22 heavy (non-hydrogen) atoms. The Morgan fingerprint density at radius 2 is 2.05 bits per heavy atom. The van der Waals surface area contributed by atoms with Crippen molar-refractivity contribution in [3.05, 3.63) is 29.8 Å². The molecule has 1 aromatic carbocycles. The summed E-state index contributed by atoms with van der Waals surface area (Å²) in [6, 6.07) is 7.36. The molecule has 1 N–H and O–H groups in total. The van der Waals surface area contributed by atoms with Gasteiger partial charge in [0.25, 0.3) is 0 Å². The van der Waals surface area contributed by atoms with Gasteiger partial charge in [0.2, 0.25) is 5.91 Å². The van der Waals surface area contributed by atoms with Crippen LogP contribution in [0.1, 0.15) is 32.8 Å². The van der Waals surface area contributed by atoms with Crippen LogP contribution in [-0.4, -0.2) is 31.2 Å². The van der Waals surface area contributed by atoms with Gasteiger partial charge >= 0.3 is 6.09 Å². The van der Waals surface area contributed by atoms with E-state index in [4.69, 9.17) is 4.74 Å². The molecule has 0 aliphatic carbocycles. The highest BCUT2D eigenvalue weighted by Crippen LogP contribution is 2.28. The largest absolute Gasteiger partial charge is 0.450 e. The van der Waals surface area contributed by atoms with Gasteiger partial charge in [-0.2, -0.15) is 0 Å². The minimum atomic E-state index is -0.551. The number of alkyl carbamates (subject to hydrolysis) is 1. The molecule has 120 valence electrons. The Hall–Kier alpha value is -2.04. The number of carbonyl (C=O) groups is 2. The molecule has 0 fully saturated rings. The molecule has 1 aromatic rings. The third-order valence-corrected chi connectivity index (χ3v) is 3.73. The van der Waals surface area contributed by atoms with Crippen LogP contribution < -0.4 is 10.2 Å². The normalized spacial score (nSPS) is 14.6. The Morgan fingerprint density at radius 3 is 2.73 bits per heavy atom. The maximum atomic E-state index is 12.8. The first-order valence-electron chi connectivity index (χ1n) is 7.85. The zero-order valence-corrected chi connectivity index (χ0v) is 13.5. The molecule has 0 spiro atoms. The number of hydrogen-bond acceptors (Lipinski definition) is 3. The van der Waals surface area contributed by atoms with Gasteiger partial charge in [0, 0.05) is 12.2 Å². The maximum absolute atomic E-state index is 12.8. The number of nitrogens with zero attached hydrogens (tertiary/aromatic N) is 1. The lowest BCUT2D eigenvalue weighted by molar-refractivity contribution is -0.120. The number of hydrogen-bond donors (Lipinski definition) is 1. The number of amides is 2. The van der Waals surface area contributed by atoms with Crippen molar-refractivity contribution in [3.63, 3.8) is 0 Å². The minimum absolute atomic E-state index is 0.0632. The van der Waals surface area contributed by atoms with E-state index < -0.39 is 12.1 Å². The van der Waals surface area contributed by atoms with Gasteiger partial charge in [0.1, 0.15) is 6.04 Å². The molecular formula is C17H24N2O3. The summed E-state index contributed by atoms with van der Waals surface area (Å²) in [5, 5.41) is 2.70. The summed E-state index contributed by atoms with van der Waals surface area (Å²) in [7, 11) is 0. The van der Waals surface area contributed by atoms with Gasteiger partial charge in [-0.05, 0) is 37.3 Å². The summed E-state index contributed by atoms with van der Waals surface area (Å²) < 4.78 is 4.92. The van der Waals surface area contributed by atoms with Gasteiger partial charge in [-0.25, -0.2) is 4.79 Å². The maximum Gasteiger partial charge on any atom is 0.407 e. The molecule has 5 nitrogen and oxygen atoms in total. The fraction of sp³-hybridized carbons (Fsp3) is 0.529. The highest BCUT2D eigenvalue weighted by atomic mass is 16.5. The van der Waals surface area contributed by atoms with E-state index in [1.807, 2.05) is 38.1 Å². The predicted molar refractivity (Wildman–Crippen MR) is 85.9 cm³/mol. The molecule has 0 aromatic heterocycles. The van der Waals surface area contributed by atoms with E-state index >= 15 is 0 Å². The van der Waals surface area contributed by atoms with E-state index in [9.17, 15) is 9.59 Å². The average Bonchev–Trinajstić information content (AvgIpc) is 2.89. The molecule has 1 atom stereocenters. The fourth-order valence-corrected chi connectivity index (χ4v) is 2.76. The van der Waals surface area contributed by atoms with Crippen LogP contribution in [0.15, 0.2) is 24.3 Å². The SMILES string of the molecule is CCOC(=O)N[C@@H](CC(C)C)C(=O)N1CCc2ccccc21. The average molecular weight is 304 g/mol. The van der Waals surface area contributed by atoms with E-state index in [2.05, 4.69) is 5.32 Å². The van der Waals surface area contributed by atoms with Crippen LogP contribution in [0.3, 0.4) is 0 Å². The van der Waals surface area contributed by atoms with Crippen molar-refractivity contribution in [2.75, 3.05) is 18.1 Å². The Labute approximate surface area is 131 Å². The molecule has 5 heteroatoms. The van der Waals surface area contributed by atoms with Crippen molar-refractivity contribution in [1.29, 1.82) is 0 Å². The predicted octanol–water partition coefficient (Wildman–Crippen LogP) is 2.74. The Balaban J connectivity index is 2.13. The molecule has 1 aliphatic heterocycles. The van der Waals surface area contributed by atoms with E-state index in [1.54, 1.807) is 11.8 Å². The molecule has 0 saturated heterocycles. The third-order valence-electron chi connectivity index (χ3n) is 3.73. The standard InChI is InChI=1S/C17H24N2O3/c1-4-22-17(21)18-14(11-12(2)3)16(20)19-10-9-13-7-5-6-8-15(13)19/h5-8,12,14H,4,9-11H2,1-3H3,(H,18,21)/t14-/m0/s1. The van der Waals surface area contributed by atoms with E-state index in [1.165, 1.54) is 5.56 Å². The molecule has 2 rings (SSSR count). The van der Waals surface area contributed by atoms with Crippen molar-refractivity contribution in [2.24, 2.45) is 5.92 Å². The monoisotopic (exact) mass is 304 g/mol. The van der Waals surface area contributed by atoms with Crippen molar-refractivity contribution in [1.82, 2.24) is 5.32 Å². The van der Waals surface area contributed by atoms with Gasteiger partial charge < -0.3 is 15.0 Å². The third kappa shape index (κ3) is 3.78. The van der Waals surface area contributed by atoms with Crippen LogP contribution in [0.4, 0.5) is 10.5 Å². The van der Waals surface area contributed by atoms with Crippen LogP contribution >= 0.6 is 0 Å². The van der Waals surface area contributed by atoms with Crippen molar-refractivity contribution in [3.8, 4) is 0 Å². The minimum Gasteiger partial charge on any atom is -0.450 e. The van der Waals surface area contributed by atoms with E-state index in [0.717, 1.165) is 12.1 Å². The number of para-hydroxylation sites is 1. The van der Waals surface area contributed by atoms with Gasteiger partial charge in [0.05, 0.1) is 6.61 Å². The van der Waals surface area contributed by atoms with E-state index in [0.29, 0.717) is 25.5 Å². The number of anilines is 1. The second-order valence-corrected chi connectivity index (χ2v) is 5.92. The molecular weight excluding hydrogens is 280 g/mol.